The van der Waals surface area contributed by atoms with E-state index in [9.17, 15) is 9.59 Å². The van der Waals surface area contributed by atoms with Crippen LogP contribution in [0.3, 0.4) is 0 Å². The summed E-state index contributed by atoms with van der Waals surface area (Å²) in [5.74, 6) is 0.666. The molecule has 6 nitrogen and oxygen atoms in total. The summed E-state index contributed by atoms with van der Waals surface area (Å²) in [5, 5.41) is 0. The van der Waals surface area contributed by atoms with Crippen molar-refractivity contribution >= 4 is 17.7 Å². The minimum absolute atomic E-state index is 0.0658. The summed E-state index contributed by atoms with van der Waals surface area (Å²) in [4.78, 5) is 33.5. The quantitative estimate of drug-likeness (QED) is 0.625. The number of carbonyl (C=O) groups is 2. The van der Waals surface area contributed by atoms with Gasteiger partial charge in [0, 0.05) is 25.8 Å². The van der Waals surface area contributed by atoms with Crippen LogP contribution >= 0.6 is 0 Å². The van der Waals surface area contributed by atoms with Gasteiger partial charge >= 0.3 is 5.97 Å². The summed E-state index contributed by atoms with van der Waals surface area (Å²) < 4.78 is 5.49. The van der Waals surface area contributed by atoms with Gasteiger partial charge in [-0.1, -0.05) is 43.3 Å². The maximum Gasteiger partial charge on any atom is 0.311 e. The van der Waals surface area contributed by atoms with E-state index in [0.717, 1.165) is 24.3 Å². The Morgan fingerprint density at radius 2 is 1.87 bits per heavy atom. The lowest BCUT2D eigenvalue weighted by molar-refractivity contribution is -0.156. The molecule has 0 atom stereocenters. The highest BCUT2D eigenvalue weighted by molar-refractivity contribution is 5.82. The van der Waals surface area contributed by atoms with Gasteiger partial charge in [0.1, 0.15) is 12.4 Å². The van der Waals surface area contributed by atoms with Gasteiger partial charge in [-0.15, -0.1) is 0 Å². The lowest BCUT2D eigenvalue weighted by atomic mass is 9.89. The second-order valence-electron chi connectivity index (χ2n) is 8.38. The number of nitrogens with zero attached hydrogens (tertiary/aromatic N) is 3. The summed E-state index contributed by atoms with van der Waals surface area (Å²) in [6.45, 7) is 8.34. The normalized spacial score (nSPS) is 14.7. The fourth-order valence-electron chi connectivity index (χ4n) is 3.39. The molecule has 0 spiro atoms. The molecule has 1 aliphatic heterocycles. The van der Waals surface area contributed by atoms with E-state index in [1.54, 1.807) is 0 Å². The Morgan fingerprint density at radius 3 is 2.50 bits per heavy atom. The van der Waals surface area contributed by atoms with Crippen LogP contribution in [-0.4, -0.2) is 47.9 Å². The number of hydrogen-bond acceptors (Lipinski definition) is 5. The average Bonchev–Trinajstić information content (AvgIpc) is 2.77. The number of hydrogen-bond donors (Lipinski definition) is 0. The number of pyridine rings is 1. The predicted octanol–water partition coefficient (Wildman–Crippen LogP) is 3.45. The molecule has 1 saturated heterocycles. The van der Waals surface area contributed by atoms with Crippen LogP contribution < -0.4 is 4.90 Å². The molecule has 30 heavy (non-hydrogen) atoms. The summed E-state index contributed by atoms with van der Waals surface area (Å²) in [5.41, 5.74) is 1.50. The zero-order valence-electron chi connectivity index (χ0n) is 18.1. The fraction of sp³-hybridized carbons (Fsp3) is 0.458. The van der Waals surface area contributed by atoms with Crippen molar-refractivity contribution in [2.45, 2.75) is 40.2 Å². The predicted molar refractivity (Wildman–Crippen MR) is 117 cm³/mol. The number of amides is 1. The number of esters is 1. The van der Waals surface area contributed by atoms with Gasteiger partial charge in [0.2, 0.25) is 5.91 Å². The molecule has 0 bridgehead atoms. The van der Waals surface area contributed by atoms with Crippen molar-refractivity contribution in [1.29, 1.82) is 0 Å². The molecule has 1 aliphatic rings. The number of benzene rings is 1. The van der Waals surface area contributed by atoms with Crippen molar-refractivity contribution in [3.8, 4) is 0 Å². The van der Waals surface area contributed by atoms with Gasteiger partial charge in [-0.05, 0) is 43.9 Å². The third kappa shape index (κ3) is 5.59. The van der Waals surface area contributed by atoms with E-state index in [1.807, 2.05) is 66.2 Å². The molecule has 0 aliphatic carbocycles. The standard InChI is InChI=1S/C24H31N3O3/c1-4-19-10-11-21(25-16-19)27-15-14-26(22(28)17-27)13-12-24(2,3)23(29)30-18-20-8-6-5-7-9-20/h5-11,16H,4,12-15,17-18H2,1-3H3. The Morgan fingerprint density at radius 1 is 1.10 bits per heavy atom. The third-order valence-corrected chi connectivity index (χ3v) is 5.63. The van der Waals surface area contributed by atoms with Crippen LogP contribution in [0.4, 0.5) is 5.82 Å². The molecule has 3 rings (SSSR count). The van der Waals surface area contributed by atoms with E-state index in [4.69, 9.17) is 4.74 Å². The van der Waals surface area contributed by atoms with Crippen molar-refractivity contribution in [3.05, 3.63) is 59.8 Å². The zero-order valence-corrected chi connectivity index (χ0v) is 18.1. The molecular formula is C24H31N3O3. The maximum atomic E-state index is 12.6. The number of piperazine rings is 1. The van der Waals surface area contributed by atoms with Crippen molar-refractivity contribution in [1.82, 2.24) is 9.88 Å². The van der Waals surface area contributed by atoms with Gasteiger partial charge in [-0.25, -0.2) is 4.98 Å². The van der Waals surface area contributed by atoms with Crippen molar-refractivity contribution in [3.63, 3.8) is 0 Å². The largest absolute Gasteiger partial charge is 0.460 e. The first kappa shape index (κ1) is 21.8. The lowest BCUT2D eigenvalue weighted by Gasteiger charge is -2.36. The summed E-state index contributed by atoms with van der Waals surface area (Å²) in [7, 11) is 0. The minimum Gasteiger partial charge on any atom is -0.460 e. The van der Waals surface area contributed by atoms with Crippen LogP contribution in [0.25, 0.3) is 0 Å². The molecule has 160 valence electrons. The molecule has 0 unspecified atom stereocenters. The van der Waals surface area contributed by atoms with Crippen LogP contribution in [0.1, 0.15) is 38.3 Å². The Bertz CT molecular complexity index is 850. The Labute approximate surface area is 178 Å². The van der Waals surface area contributed by atoms with Gasteiger partial charge in [0.25, 0.3) is 0 Å². The molecule has 1 aromatic carbocycles. The Kier molecular flexibility index (Phi) is 7.08. The highest BCUT2D eigenvalue weighted by atomic mass is 16.5. The van der Waals surface area contributed by atoms with Gasteiger partial charge in [0.15, 0.2) is 0 Å². The number of aromatic nitrogens is 1. The lowest BCUT2D eigenvalue weighted by Crippen LogP contribution is -2.51. The molecule has 0 saturated carbocycles. The van der Waals surface area contributed by atoms with Crippen LogP contribution in [0.2, 0.25) is 0 Å². The molecule has 1 aromatic heterocycles. The summed E-state index contributed by atoms with van der Waals surface area (Å²) in [6.07, 6.45) is 3.38. The highest BCUT2D eigenvalue weighted by Crippen LogP contribution is 2.24. The number of rotatable bonds is 8. The molecule has 6 heteroatoms. The van der Waals surface area contributed by atoms with E-state index < -0.39 is 5.41 Å². The summed E-state index contributed by atoms with van der Waals surface area (Å²) >= 11 is 0. The molecule has 0 radical (unpaired) electrons. The zero-order chi connectivity index (χ0) is 21.6. The van der Waals surface area contributed by atoms with Gasteiger partial charge in [-0.2, -0.15) is 0 Å². The van der Waals surface area contributed by atoms with E-state index in [2.05, 4.69) is 18.0 Å². The molecule has 2 heterocycles. The van der Waals surface area contributed by atoms with E-state index in [0.29, 0.717) is 26.1 Å². The topological polar surface area (TPSA) is 62.7 Å². The van der Waals surface area contributed by atoms with E-state index in [1.165, 1.54) is 5.56 Å². The first-order valence-electron chi connectivity index (χ1n) is 10.6. The second-order valence-corrected chi connectivity index (χ2v) is 8.38. The van der Waals surface area contributed by atoms with Crippen LogP contribution in [0.15, 0.2) is 48.7 Å². The Balaban J connectivity index is 1.47. The van der Waals surface area contributed by atoms with Crippen LogP contribution in [0.5, 0.6) is 0 Å². The van der Waals surface area contributed by atoms with Gasteiger partial charge in [-0.3, -0.25) is 9.59 Å². The van der Waals surface area contributed by atoms with E-state index in [-0.39, 0.29) is 18.5 Å². The third-order valence-electron chi connectivity index (χ3n) is 5.63. The average molecular weight is 410 g/mol. The highest BCUT2D eigenvalue weighted by Gasteiger charge is 2.32. The summed E-state index contributed by atoms with van der Waals surface area (Å²) in [6, 6.07) is 13.7. The number of aryl methyl sites for hydroxylation is 1. The fourth-order valence-corrected chi connectivity index (χ4v) is 3.39. The first-order valence-corrected chi connectivity index (χ1v) is 10.6. The minimum atomic E-state index is -0.649. The van der Waals surface area contributed by atoms with Crippen molar-refractivity contribution in [2.24, 2.45) is 5.41 Å². The molecule has 0 N–H and O–H groups in total. The number of ether oxygens (including phenoxy) is 1. The first-order chi connectivity index (χ1) is 14.4. The van der Waals surface area contributed by atoms with Gasteiger partial charge < -0.3 is 14.5 Å². The smallest absolute Gasteiger partial charge is 0.311 e. The SMILES string of the molecule is CCc1ccc(N2CCN(CCC(C)(C)C(=O)OCc3ccccc3)C(=O)C2)nc1. The van der Waals surface area contributed by atoms with Crippen molar-refractivity contribution < 1.29 is 14.3 Å². The number of anilines is 1. The second kappa shape index (κ2) is 9.74. The van der Waals surface area contributed by atoms with Crippen LogP contribution in [0, 0.1) is 5.41 Å². The molecule has 1 fully saturated rings. The Hall–Kier alpha value is -2.89. The van der Waals surface area contributed by atoms with Gasteiger partial charge in [0.05, 0.1) is 12.0 Å². The van der Waals surface area contributed by atoms with Crippen molar-refractivity contribution in [2.75, 3.05) is 31.1 Å². The monoisotopic (exact) mass is 409 g/mol. The molecular weight excluding hydrogens is 378 g/mol. The maximum absolute atomic E-state index is 12.6. The van der Waals surface area contributed by atoms with Crippen LogP contribution in [-0.2, 0) is 27.4 Å². The number of carbonyl (C=O) groups excluding carboxylic acids is 2. The van der Waals surface area contributed by atoms with E-state index >= 15 is 0 Å². The molecule has 2 aromatic rings. The molecule has 1 amide bonds.